The van der Waals surface area contributed by atoms with Gasteiger partial charge in [0.25, 0.3) is 0 Å². The average molecular weight is 476 g/mol. The highest BCUT2D eigenvalue weighted by Crippen LogP contribution is 2.28. The number of oxazole rings is 1. The van der Waals surface area contributed by atoms with Gasteiger partial charge in [-0.3, -0.25) is 4.79 Å². The number of carbonyl (C=O) groups is 1. The number of aromatic nitrogens is 1. The molecule has 1 saturated heterocycles. The molecule has 0 unspecified atom stereocenters. The minimum Gasteiger partial charge on any atom is -0.436 e. The highest BCUT2D eigenvalue weighted by molar-refractivity contribution is 7.89. The molecule has 1 aromatic heterocycles. The van der Waals surface area contributed by atoms with Gasteiger partial charge in [-0.05, 0) is 62.2 Å². The Hall–Kier alpha value is -3.49. The van der Waals surface area contributed by atoms with E-state index in [9.17, 15) is 13.2 Å². The second kappa shape index (κ2) is 9.04. The molecule has 8 heteroatoms. The molecule has 1 amide bonds. The first kappa shape index (κ1) is 22.3. The van der Waals surface area contributed by atoms with E-state index in [1.807, 2.05) is 55.5 Å². The summed E-state index contributed by atoms with van der Waals surface area (Å²) in [4.78, 5) is 17.7. The van der Waals surface area contributed by atoms with Crippen molar-refractivity contribution in [3.05, 3.63) is 78.4 Å². The molecule has 0 radical (unpaired) electrons. The molecule has 174 valence electrons. The molecule has 0 saturated carbocycles. The summed E-state index contributed by atoms with van der Waals surface area (Å²) in [5, 5.41) is 2.97. The van der Waals surface area contributed by atoms with E-state index in [-0.39, 0.29) is 16.7 Å². The quantitative estimate of drug-likeness (QED) is 0.446. The maximum Gasteiger partial charge on any atom is 0.243 e. The van der Waals surface area contributed by atoms with Gasteiger partial charge in [0.2, 0.25) is 21.8 Å². The van der Waals surface area contributed by atoms with Crippen LogP contribution in [0.3, 0.4) is 0 Å². The number of benzene rings is 3. The summed E-state index contributed by atoms with van der Waals surface area (Å²) < 4.78 is 33.1. The number of rotatable bonds is 5. The second-order valence-electron chi connectivity index (χ2n) is 8.55. The molecule has 1 N–H and O–H groups in total. The monoisotopic (exact) mass is 475 g/mol. The summed E-state index contributed by atoms with van der Waals surface area (Å²) in [6.07, 6.45) is 0.948. The summed E-state index contributed by atoms with van der Waals surface area (Å²) >= 11 is 0. The number of hydrogen-bond donors (Lipinski definition) is 1. The van der Waals surface area contributed by atoms with E-state index in [1.54, 1.807) is 24.3 Å². The SMILES string of the molecule is Cc1ccc(S(=O)(=O)N2CCC(C(=O)Nc3cccc(-c4nc5ccccc5o4)c3)CC2)cc1. The van der Waals surface area contributed by atoms with Crippen molar-refractivity contribution in [1.29, 1.82) is 0 Å². The number of aryl methyl sites for hydroxylation is 1. The Kier molecular flexibility index (Phi) is 5.93. The van der Waals surface area contributed by atoms with E-state index in [0.717, 1.165) is 16.6 Å². The van der Waals surface area contributed by atoms with Crippen LogP contribution in [0.15, 0.2) is 82.1 Å². The van der Waals surface area contributed by atoms with Gasteiger partial charge in [0, 0.05) is 30.3 Å². The molecule has 0 bridgehead atoms. The van der Waals surface area contributed by atoms with Crippen molar-refractivity contribution in [3.63, 3.8) is 0 Å². The summed E-state index contributed by atoms with van der Waals surface area (Å²) in [6, 6.07) is 21.8. The molecule has 1 fully saturated rings. The van der Waals surface area contributed by atoms with E-state index in [1.165, 1.54) is 4.31 Å². The van der Waals surface area contributed by atoms with Crippen LogP contribution < -0.4 is 5.32 Å². The fourth-order valence-corrected chi connectivity index (χ4v) is 5.66. The van der Waals surface area contributed by atoms with Crippen molar-refractivity contribution in [2.24, 2.45) is 5.92 Å². The summed E-state index contributed by atoms with van der Waals surface area (Å²) in [7, 11) is -3.55. The lowest BCUT2D eigenvalue weighted by Gasteiger charge is -2.30. The predicted molar refractivity (Wildman–Crippen MR) is 131 cm³/mol. The van der Waals surface area contributed by atoms with Crippen molar-refractivity contribution in [2.45, 2.75) is 24.7 Å². The van der Waals surface area contributed by atoms with E-state index >= 15 is 0 Å². The molecule has 4 aromatic rings. The lowest BCUT2D eigenvalue weighted by Crippen LogP contribution is -2.41. The lowest BCUT2D eigenvalue weighted by atomic mass is 9.97. The summed E-state index contributed by atoms with van der Waals surface area (Å²) in [5.41, 5.74) is 3.92. The highest BCUT2D eigenvalue weighted by atomic mass is 32.2. The van der Waals surface area contributed by atoms with Crippen LogP contribution in [0.1, 0.15) is 18.4 Å². The Morgan fingerprint density at radius 1 is 1.00 bits per heavy atom. The Bertz CT molecular complexity index is 1400. The Morgan fingerprint density at radius 2 is 1.74 bits per heavy atom. The maximum atomic E-state index is 12.9. The molecule has 0 atom stereocenters. The molecule has 0 aliphatic carbocycles. The van der Waals surface area contributed by atoms with Crippen LogP contribution in [-0.4, -0.2) is 36.7 Å². The van der Waals surface area contributed by atoms with Crippen molar-refractivity contribution in [3.8, 4) is 11.5 Å². The van der Waals surface area contributed by atoms with Crippen molar-refractivity contribution < 1.29 is 17.6 Å². The van der Waals surface area contributed by atoms with Crippen molar-refractivity contribution in [2.75, 3.05) is 18.4 Å². The van der Waals surface area contributed by atoms with Gasteiger partial charge < -0.3 is 9.73 Å². The lowest BCUT2D eigenvalue weighted by molar-refractivity contribution is -0.120. The van der Waals surface area contributed by atoms with Crippen LogP contribution in [0.5, 0.6) is 0 Å². The van der Waals surface area contributed by atoms with Crippen LogP contribution >= 0.6 is 0 Å². The van der Waals surface area contributed by atoms with Crippen molar-refractivity contribution >= 4 is 32.7 Å². The minimum absolute atomic E-state index is 0.109. The summed E-state index contributed by atoms with van der Waals surface area (Å²) in [6.45, 7) is 2.55. The van der Waals surface area contributed by atoms with Crippen molar-refractivity contribution in [1.82, 2.24) is 9.29 Å². The third-order valence-corrected chi connectivity index (χ3v) is 8.07. The smallest absolute Gasteiger partial charge is 0.243 e. The molecule has 1 aliphatic rings. The molecular weight excluding hydrogens is 450 g/mol. The first-order chi connectivity index (χ1) is 16.4. The molecule has 2 heterocycles. The second-order valence-corrected chi connectivity index (χ2v) is 10.5. The zero-order valence-corrected chi connectivity index (χ0v) is 19.6. The van der Waals surface area contributed by atoms with Crippen LogP contribution in [0, 0.1) is 12.8 Å². The molecule has 7 nitrogen and oxygen atoms in total. The number of para-hydroxylation sites is 2. The Morgan fingerprint density at radius 3 is 2.47 bits per heavy atom. The van der Waals surface area contributed by atoms with Crippen LogP contribution in [0.25, 0.3) is 22.6 Å². The van der Waals surface area contributed by atoms with Gasteiger partial charge in [-0.1, -0.05) is 35.9 Å². The summed E-state index contributed by atoms with van der Waals surface area (Å²) in [5.74, 6) is 0.131. The number of carbonyl (C=O) groups excluding carboxylic acids is 1. The van der Waals surface area contributed by atoms with E-state index in [4.69, 9.17) is 4.42 Å². The van der Waals surface area contributed by atoms with Crippen LogP contribution in [-0.2, 0) is 14.8 Å². The molecular formula is C26H25N3O4S. The fraction of sp³-hybridized carbons (Fsp3) is 0.231. The number of piperidine rings is 1. The topological polar surface area (TPSA) is 92.5 Å². The molecule has 0 spiro atoms. The Balaban J connectivity index is 1.23. The molecule has 3 aromatic carbocycles. The Labute approximate surface area is 198 Å². The number of nitrogens with one attached hydrogen (secondary N) is 1. The van der Waals surface area contributed by atoms with E-state index in [0.29, 0.717) is 43.1 Å². The van der Waals surface area contributed by atoms with Gasteiger partial charge in [0.05, 0.1) is 4.90 Å². The first-order valence-electron chi connectivity index (χ1n) is 11.2. The standard InChI is InChI=1S/C26H25N3O4S/c1-18-9-11-22(12-10-18)34(31,32)29-15-13-19(14-16-29)25(30)27-21-6-4-5-20(17-21)26-28-23-7-2-3-8-24(23)33-26/h2-12,17,19H,13-16H2,1H3,(H,27,30). The van der Waals surface area contributed by atoms with Crippen LogP contribution in [0.4, 0.5) is 5.69 Å². The number of anilines is 1. The van der Waals surface area contributed by atoms with Gasteiger partial charge in [-0.2, -0.15) is 4.31 Å². The largest absolute Gasteiger partial charge is 0.436 e. The number of nitrogens with zero attached hydrogens (tertiary/aromatic N) is 2. The predicted octanol–water partition coefficient (Wildman–Crippen LogP) is 4.84. The van der Waals surface area contributed by atoms with E-state index in [2.05, 4.69) is 10.3 Å². The first-order valence-corrected chi connectivity index (χ1v) is 12.7. The zero-order chi connectivity index (χ0) is 23.7. The molecule has 34 heavy (non-hydrogen) atoms. The molecule has 1 aliphatic heterocycles. The number of amides is 1. The van der Waals surface area contributed by atoms with Gasteiger partial charge in [0.1, 0.15) is 5.52 Å². The molecule has 5 rings (SSSR count). The van der Waals surface area contributed by atoms with Gasteiger partial charge in [-0.25, -0.2) is 13.4 Å². The number of hydrogen-bond acceptors (Lipinski definition) is 5. The van der Waals surface area contributed by atoms with E-state index < -0.39 is 10.0 Å². The van der Waals surface area contributed by atoms with Gasteiger partial charge in [0.15, 0.2) is 5.58 Å². The third-order valence-electron chi connectivity index (χ3n) is 6.15. The normalized spacial score (nSPS) is 15.4. The van der Waals surface area contributed by atoms with Crippen LogP contribution in [0.2, 0.25) is 0 Å². The third kappa shape index (κ3) is 4.47. The minimum atomic E-state index is -3.55. The average Bonchev–Trinajstić information content (AvgIpc) is 3.29. The van der Waals surface area contributed by atoms with Gasteiger partial charge >= 0.3 is 0 Å². The van der Waals surface area contributed by atoms with Gasteiger partial charge in [-0.15, -0.1) is 0 Å². The number of fused-ring (bicyclic) bond motifs is 1. The zero-order valence-electron chi connectivity index (χ0n) is 18.8. The fourth-order valence-electron chi connectivity index (χ4n) is 4.19. The number of sulfonamides is 1. The highest BCUT2D eigenvalue weighted by Gasteiger charge is 2.32. The maximum absolute atomic E-state index is 12.9.